The molecule has 0 unspecified atom stereocenters. The van der Waals surface area contributed by atoms with Gasteiger partial charge in [-0.1, -0.05) is 19.1 Å². The van der Waals surface area contributed by atoms with Crippen molar-refractivity contribution in [1.82, 2.24) is 10.3 Å². The number of aliphatic hydroxyl groups is 1. The highest BCUT2D eigenvalue weighted by molar-refractivity contribution is 7.91. The second-order valence-electron chi connectivity index (χ2n) is 4.55. The van der Waals surface area contributed by atoms with Gasteiger partial charge in [0.25, 0.3) is 5.91 Å². The molecule has 0 aliphatic heterocycles. The first-order chi connectivity index (χ1) is 10.5. The van der Waals surface area contributed by atoms with Crippen molar-refractivity contribution in [2.45, 2.75) is 17.9 Å². The van der Waals surface area contributed by atoms with Crippen LogP contribution in [0.4, 0.5) is 0 Å². The first-order valence-corrected chi connectivity index (χ1v) is 9.20. The second kappa shape index (κ2) is 6.99. The smallest absolute Gasteiger partial charge is 0.271 e. The van der Waals surface area contributed by atoms with Gasteiger partial charge < -0.3 is 10.4 Å². The van der Waals surface area contributed by atoms with Gasteiger partial charge in [-0.15, -0.1) is 11.3 Å². The lowest BCUT2D eigenvalue weighted by molar-refractivity contribution is 0.0912. The van der Waals surface area contributed by atoms with Gasteiger partial charge in [-0.2, -0.15) is 0 Å². The Morgan fingerprint density at radius 3 is 2.55 bits per heavy atom. The molecule has 1 aromatic carbocycles. The molecule has 22 heavy (non-hydrogen) atoms. The monoisotopic (exact) mass is 340 g/mol. The molecule has 8 heteroatoms. The van der Waals surface area contributed by atoms with Gasteiger partial charge >= 0.3 is 0 Å². The lowest BCUT2D eigenvalue weighted by Gasteiger charge is -2.16. The molecule has 2 rings (SSSR count). The van der Waals surface area contributed by atoms with Crippen molar-refractivity contribution in [3.05, 3.63) is 46.4 Å². The molecule has 1 aromatic heterocycles. The number of sulfone groups is 1. The molecule has 0 spiro atoms. The fourth-order valence-corrected chi connectivity index (χ4v) is 3.28. The first kappa shape index (κ1) is 16.6. The second-order valence-corrected chi connectivity index (χ2v) is 7.55. The van der Waals surface area contributed by atoms with Gasteiger partial charge in [-0.3, -0.25) is 4.79 Å². The Labute approximate surface area is 132 Å². The largest absolute Gasteiger partial charge is 0.394 e. The minimum atomic E-state index is -3.26. The van der Waals surface area contributed by atoms with E-state index in [1.165, 1.54) is 23.5 Å². The number of nitrogens with one attached hydrogen (secondary N) is 1. The normalized spacial score (nSPS) is 12.8. The summed E-state index contributed by atoms with van der Waals surface area (Å²) in [5.41, 5.74) is 2.46. The highest BCUT2D eigenvalue weighted by Gasteiger charge is 2.17. The molecule has 1 heterocycles. The van der Waals surface area contributed by atoms with Gasteiger partial charge in [-0.25, -0.2) is 13.4 Å². The zero-order valence-electron chi connectivity index (χ0n) is 11.9. The van der Waals surface area contributed by atoms with Crippen LogP contribution in [-0.2, 0) is 9.84 Å². The van der Waals surface area contributed by atoms with Crippen molar-refractivity contribution >= 4 is 27.1 Å². The topological polar surface area (TPSA) is 96.4 Å². The fraction of sp³-hybridized carbons (Fsp3) is 0.286. The Bertz CT molecular complexity index is 725. The number of thiazole rings is 1. The van der Waals surface area contributed by atoms with Crippen LogP contribution >= 0.6 is 11.3 Å². The number of hydrogen-bond donors (Lipinski definition) is 2. The van der Waals surface area contributed by atoms with Crippen LogP contribution in [0.1, 0.15) is 29.0 Å². The van der Waals surface area contributed by atoms with Crippen molar-refractivity contribution in [2.24, 2.45) is 0 Å². The third-order valence-corrected chi connectivity index (χ3v) is 5.51. The Balaban J connectivity index is 2.16. The zero-order chi connectivity index (χ0) is 16.2. The molecular formula is C14H16N2O4S2. The van der Waals surface area contributed by atoms with Gasteiger partial charge in [-0.05, 0) is 17.7 Å². The van der Waals surface area contributed by atoms with Crippen LogP contribution in [0.15, 0.2) is 40.1 Å². The number of amides is 1. The first-order valence-electron chi connectivity index (χ1n) is 6.60. The third-order valence-electron chi connectivity index (χ3n) is 3.17. The van der Waals surface area contributed by atoms with E-state index >= 15 is 0 Å². The summed E-state index contributed by atoms with van der Waals surface area (Å²) < 4.78 is 23.5. The number of nitrogens with zero attached hydrogens (tertiary/aromatic N) is 1. The molecule has 2 N–H and O–H groups in total. The number of benzene rings is 1. The van der Waals surface area contributed by atoms with Gasteiger partial charge in [0.1, 0.15) is 5.69 Å². The Hall–Kier alpha value is -1.77. The van der Waals surface area contributed by atoms with Crippen LogP contribution in [-0.4, -0.2) is 36.8 Å². The molecule has 0 saturated heterocycles. The summed E-state index contributed by atoms with van der Waals surface area (Å²) in [5.74, 6) is -0.360. The number of hydrogen-bond acceptors (Lipinski definition) is 6. The summed E-state index contributed by atoms with van der Waals surface area (Å²) in [4.78, 5) is 16.1. The maximum atomic E-state index is 11.9. The number of rotatable bonds is 6. The Kier molecular flexibility index (Phi) is 5.28. The molecule has 6 nitrogen and oxygen atoms in total. The predicted octanol–water partition coefficient (Wildman–Crippen LogP) is 1.40. The van der Waals surface area contributed by atoms with Crippen LogP contribution in [0, 0.1) is 0 Å². The van der Waals surface area contributed by atoms with E-state index in [0.717, 1.165) is 0 Å². The molecule has 0 aliphatic carbocycles. The standard InChI is InChI=1S/C14H16N2O4S2/c1-2-22(19,20)11-5-3-10(4-6-11)12(7-17)16-14(18)13-8-21-9-15-13/h3-6,8-9,12,17H,2,7H2,1H3,(H,16,18)/t12-/m0/s1. The van der Waals surface area contributed by atoms with E-state index in [0.29, 0.717) is 5.56 Å². The van der Waals surface area contributed by atoms with E-state index in [1.54, 1.807) is 29.9 Å². The molecule has 0 aliphatic rings. The molecule has 118 valence electrons. The molecule has 0 saturated carbocycles. The van der Waals surface area contributed by atoms with Crippen molar-refractivity contribution < 1.29 is 18.3 Å². The zero-order valence-corrected chi connectivity index (χ0v) is 13.5. The predicted molar refractivity (Wildman–Crippen MR) is 83.6 cm³/mol. The molecule has 0 bridgehead atoms. The quantitative estimate of drug-likeness (QED) is 0.828. The van der Waals surface area contributed by atoms with Crippen molar-refractivity contribution in [2.75, 3.05) is 12.4 Å². The highest BCUT2D eigenvalue weighted by atomic mass is 32.2. The summed E-state index contributed by atoms with van der Waals surface area (Å²) in [5, 5.41) is 13.7. The van der Waals surface area contributed by atoms with E-state index in [9.17, 15) is 18.3 Å². The maximum absolute atomic E-state index is 11.9. The molecule has 1 amide bonds. The van der Waals surface area contributed by atoms with Gasteiger partial charge in [0.05, 0.1) is 28.8 Å². The summed E-state index contributed by atoms with van der Waals surface area (Å²) in [7, 11) is -3.26. The Morgan fingerprint density at radius 1 is 1.36 bits per heavy atom. The van der Waals surface area contributed by atoms with Crippen LogP contribution < -0.4 is 5.32 Å². The summed E-state index contributed by atoms with van der Waals surface area (Å²) in [6.07, 6.45) is 0. The summed E-state index contributed by atoms with van der Waals surface area (Å²) in [6.45, 7) is 1.28. The fourth-order valence-electron chi connectivity index (χ4n) is 1.87. The molecular weight excluding hydrogens is 324 g/mol. The summed E-state index contributed by atoms with van der Waals surface area (Å²) >= 11 is 1.30. The minimum Gasteiger partial charge on any atom is -0.394 e. The highest BCUT2D eigenvalue weighted by Crippen LogP contribution is 2.18. The average Bonchev–Trinajstić information content (AvgIpc) is 3.07. The SMILES string of the molecule is CCS(=O)(=O)c1ccc([C@H](CO)NC(=O)c2cscn2)cc1. The number of carbonyl (C=O) groups is 1. The Morgan fingerprint density at radius 2 is 2.05 bits per heavy atom. The number of carbonyl (C=O) groups excluding carboxylic acids is 1. The van der Waals surface area contributed by atoms with Crippen LogP contribution in [0.5, 0.6) is 0 Å². The maximum Gasteiger partial charge on any atom is 0.271 e. The van der Waals surface area contributed by atoms with Crippen molar-refractivity contribution in [3.8, 4) is 0 Å². The van der Waals surface area contributed by atoms with E-state index < -0.39 is 15.9 Å². The van der Waals surface area contributed by atoms with E-state index in [2.05, 4.69) is 10.3 Å². The van der Waals surface area contributed by atoms with Crippen LogP contribution in [0.3, 0.4) is 0 Å². The van der Waals surface area contributed by atoms with Gasteiger partial charge in [0.15, 0.2) is 9.84 Å². The van der Waals surface area contributed by atoms with Crippen molar-refractivity contribution in [1.29, 1.82) is 0 Å². The minimum absolute atomic E-state index is 0.0241. The lowest BCUT2D eigenvalue weighted by Crippen LogP contribution is -2.31. The molecule has 1 atom stereocenters. The molecule has 0 radical (unpaired) electrons. The number of aliphatic hydroxyl groups excluding tert-OH is 1. The molecule has 0 fully saturated rings. The average molecular weight is 340 g/mol. The van der Waals surface area contributed by atoms with Gasteiger partial charge in [0.2, 0.25) is 0 Å². The third kappa shape index (κ3) is 3.70. The molecule has 2 aromatic rings. The lowest BCUT2D eigenvalue weighted by atomic mass is 10.1. The van der Waals surface area contributed by atoms with Crippen LogP contribution in [0.2, 0.25) is 0 Å². The van der Waals surface area contributed by atoms with E-state index in [-0.39, 0.29) is 28.9 Å². The van der Waals surface area contributed by atoms with E-state index in [1.807, 2.05) is 0 Å². The number of aromatic nitrogens is 1. The van der Waals surface area contributed by atoms with Gasteiger partial charge in [0, 0.05) is 5.38 Å². The van der Waals surface area contributed by atoms with Crippen LogP contribution in [0.25, 0.3) is 0 Å². The van der Waals surface area contributed by atoms with Crippen molar-refractivity contribution in [3.63, 3.8) is 0 Å². The van der Waals surface area contributed by atoms with E-state index in [4.69, 9.17) is 0 Å². The summed E-state index contributed by atoms with van der Waals surface area (Å²) in [6, 6.07) is 5.51.